The van der Waals surface area contributed by atoms with E-state index >= 15 is 0 Å². The van der Waals surface area contributed by atoms with Gasteiger partial charge in [0.1, 0.15) is 5.76 Å². The van der Waals surface area contributed by atoms with Gasteiger partial charge in [-0.15, -0.1) is 0 Å². The van der Waals surface area contributed by atoms with Crippen LogP contribution in [-0.2, 0) is 13.1 Å². The summed E-state index contributed by atoms with van der Waals surface area (Å²) in [6, 6.07) is 31.8. The van der Waals surface area contributed by atoms with Crippen LogP contribution in [0.25, 0.3) is 22.5 Å². The fourth-order valence-electron chi connectivity index (χ4n) is 3.52. The quantitative estimate of drug-likeness (QED) is 0.435. The lowest BCUT2D eigenvalue weighted by atomic mass is 10.0. The van der Waals surface area contributed by atoms with E-state index in [1.54, 1.807) is 0 Å². The van der Waals surface area contributed by atoms with Crippen molar-refractivity contribution in [3.05, 3.63) is 119 Å². The Bertz CT molecular complexity index is 1120. The maximum absolute atomic E-state index is 12.8. The first-order chi connectivity index (χ1) is 14.2. The minimum atomic E-state index is -0.315. The largest absolute Gasteiger partial charge is 0.422 e. The highest BCUT2D eigenvalue weighted by Crippen LogP contribution is 2.27. The van der Waals surface area contributed by atoms with Crippen molar-refractivity contribution in [3.8, 4) is 22.5 Å². The highest BCUT2D eigenvalue weighted by atomic mass is 16.4. The molecule has 4 rings (SSSR count). The van der Waals surface area contributed by atoms with Crippen LogP contribution in [0.4, 0.5) is 0 Å². The summed E-state index contributed by atoms with van der Waals surface area (Å²) in [5.74, 6) is 0.634. The fourth-order valence-corrected chi connectivity index (χ4v) is 3.52. The summed E-state index contributed by atoms with van der Waals surface area (Å²) in [4.78, 5) is 15.0. The Hall–Kier alpha value is -3.43. The number of hydrogen-bond donors (Lipinski definition) is 0. The van der Waals surface area contributed by atoms with Gasteiger partial charge in [0.05, 0.1) is 5.56 Å². The van der Waals surface area contributed by atoms with Crippen LogP contribution in [0.5, 0.6) is 0 Å². The van der Waals surface area contributed by atoms with E-state index in [-0.39, 0.29) is 5.63 Å². The first-order valence-electron chi connectivity index (χ1n) is 9.71. The van der Waals surface area contributed by atoms with E-state index in [9.17, 15) is 4.79 Å². The molecule has 0 aliphatic rings. The molecule has 0 spiro atoms. The molecule has 1 aromatic heterocycles. The van der Waals surface area contributed by atoms with Gasteiger partial charge in [-0.25, -0.2) is 4.79 Å². The van der Waals surface area contributed by atoms with Crippen molar-refractivity contribution < 1.29 is 4.42 Å². The standard InChI is InChI=1S/C26H23NO2/c1-27(18-20-11-5-2-6-12-20)19-23-17-24(21-13-7-3-8-14-21)26(28)29-25(23)22-15-9-4-10-16-22/h2-17H,18-19H2,1H3. The van der Waals surface area contributed by atoms with E-state index in [0.29, 0.717) is 17.9 Å². The molecule has 3 nitrogen and oxygen atoms in total. The molecule has 0 fully saturated rings. The molecule has 0 unspecified atom stereocenters. The van der Waals surface area contributed by atoms with E-state index in [1.165, 1.54) is 5.56 Å². The summed E-state index contributed by atoms with van der Waals surface area (Å²) in [7, 11) is 2.08. The number of nitrogens with zero attached hydrogens (tertiary/aromatic N) is 1. The van der Waals surface area contributed by atoms with E-state index < -0.39 is 0 Å². The summed E-state index contributed by atoms with van der Waals surface area (Å²) < 4.78 is 5.85. The highest BCUT2D eigenvalue weighted by molar-refractivity contribution is 5.68. The van der Waals surface area contributed by atoms with Gasteiger partial charge in [-0.1, -0.05) is 91.0 Å². The Morgan fingerprint density at radius 1 is 0.724 bits per heavy atom. The molecular weight excluding hydrogens is 358 g/mol. The molecule has 1 heterocycles. The van der Waals surface area contributed by atoms with Gasteiger partial charge in [-0.2, -0.15) is 0 Å². The lowest BCUT2D eigenvalue weighted by molar-refractivity contribution is 0.316. The second-order valence-electron chi connectivity index (χ2n) is 7.19. The SMILES string of the molecule is CN(Cc1ccccc1)Cc1cc(-c2ccccc2)c(=O)oc1-c1ccccc1. The molecule has 0 aliphatic heterocycles. The van der Waals surface area contributed by atoms with Gasteiger partial charge in [0, 0.05) is 24.2 Å². The van der Waals surface area contributed by atoms with Crippen molar-refractivity contribution in [2.45, 2.75) is 13.1 Å². The van der Waals surface area contributed by atoms with Crippen molar-refractivity contribution in [2.75, 3.05) is 7.05 Å². The monoisotopic (exact) mass is 381 g/mol. The van der Waals surface area contributed by atoms with E-state index in [0.717, 1.165) is 23.2 Å². The van der Waals surface area contributed by atoms with Gasteiger partial charge in [-0.05, 0) is 24.2 Å². The first kappa shape index (κ1) is 18.9. The van der Waals surface area contributed by atoms with Crippen molar-refractivity contribution in [1.29, 1.82) is 0 Å². The third kappa shape index (κ3) is 4.53. The van der Waals surface area contributed by atoms with Crippen LogP contribution in [0.1, 0.15) is 11.1 Å². The average Bonchev–Trinajstić information content (AvgIpc) is 2.76. The van der Waals surface area contributed by atoms with Gasteiger partial charge < -0.3 is 4.42 Å². The number of rotatable bonds is 6. The average molecular weight is 381 g/mol. The second-order valence-corrected chi connectivity index (χ2v) is 7.19. The molecule has 0 atom stereocenters. The van der Waals surface area contributed by atoms with Crippen LogP contribution in [0.3, 0.4) is 0 Å². The third-order valence-electron chi connectivity index (χ3n) is 4.88. The molecule has 0 amide bonds. The molecule has 0 bridgehead atoms. The summed E-state index contributed by atoms with van der Waals surface area (Å²) in [6.45, 7) is 1.48. The second kappa shape index (κ2) is 8.72. The van der Waals surface area contributed by atoms with E-state index in [1.807, 2.05) is 84.9 Å². The fraction of sp³-hybridized carbons (Fsp3) is 0.115. The molecular formula is C26H23NO2. The first-order valence-corrected chi connectivity index (χ1v) is 9.71. The molecule has 144 valence electrons. The zero-order valence-electron chi connectivity index (χ0n) is 16.4. The molecule has 29 heavy (non-hydrogen) atoms. The van der Waals surface area contributed by atoms with Gasteiger partial charge in [0.15, 0.2) is 0 Å². The smallest absolute Gasteiger partial charge is 0.344 e. The molecule has 0 saturated heterocycles. The Kier molecular flexibility index (Phi) is 5.68. The van der Waals surface area contributed by atoms with Gasteiger partial charge in [0.2, 0.25) is 0 Å². The zero-order valence-corrected chi connectivity index (χ0v) is 16.4. The summed E-state index contributed by atoms with van der Waals surface area (Å²) in [6.07, 6.45) is 0. The maximum Gasteiger partial charge on any atom is 0.344 e. The molecule has 0 N–H and O–H groups in total. The predicted octanol–water partition coefficient (Wildman–Crippen LogP) is 5.61. The molecule has 3 heteroatoms. The molecule has 4 aromatic rings. The lowest BCUT2D eigenvalue weighted by Crippen LogP contribution is -2.19. The number of hydrogen-bond acceptors (Lipinski definition) is 3. The van der Waals surface area contributed by atoms with Gasteiger partial charge >= 0.3 is 5.63 Å². The Balaban J connectivity index is 1.73. The van der Waals surface area contributed by atoms with Crippen LogP contribution in [0.15, 0.2) is 106 Å². The van der Waals surface area contributed by atoms with E-state index in [4.69, 9.17) is 4.42 Å². The van der Waals surface area contributed by atoms with Gasteiger partial charge in [-0.3, -0.25) is 4.90 Å². The van der Waals surface area contributed by atoms with Crippen LogP contribution in [0.2, 0.25) is 0 Å². The van der Waals surface area contributed by atoms with Crippen LogP contribution >= 0.6 is 0 Å². The van der Waals surface area contributed by atoms with Crippen molar-refractivity contribution >= 4 is 0 Å². The predicted molar refractivity (Wildman–Crippen MR) is 117 cm³/mol. The van der Waals surface area contributed by atoms with Crippen molar-refractivity contribution in [1.82, 2.24) is 4.90 Å². The normalized spacial score (nSPS) is 11.0. The minimum Gasteiger partial charge on any atom is -0.422 e. The van der Waals surface area contributed by atoms with Gasteiger partial charge in [0.25, 0.3) is 0 Å². The number of benzene rings is 3. The van der Waals surface area contributed by atoms with Crippen molar-refractivity contribution in [3.63, 3.8) is 0 Å². The van der Waals surface area contributed by atoms with E-state index in [2.05, 4.69) is 24.1 Å². The molecule has 0 saturated carbocycles. The topological polar surface area (TPSA) is 33.5 Å². The Morgan fingerprint density at radius 3 is 1.90 bits per heavy atom. The Morgan fingerprint density at radius 2 is 1.28 bits per heavy atom. The molecule has 0 radical (unpaired) electrons. The van der Waals surface area contributed by atoms with Crippen LogP contribution in [-0.4, -0.2) is 11.9 Å². The summed E-state index contributed by atoms with van der Waals surface area (Å²) in [5.41, 5.74) is 4.29. The Labute approximate surface area is 170 Å². The lowest BCUT2D eigenvalue weighted by Gasteiger charge is -2.19. The highest BCUT2D eigenvalue weighted by Gasteiger charge is 2.16. The molecule has 3 aromatic carbocycles. The summed E-state index contributed by atoms with van der Waals surface area (Å²) in [5, 5.41) is 0. The summed E-state index contributed by atoms with van der Waals surface area (Å²) >= 11 is 0. The van der Waals surface area contributed by atoms with Crippen molar-refractivity contribution in [2.24, 2.45) is 0 Å². The third-order valence-corrected chi connectivity index (χ3v) is 4.88. The maximum atomic E-state index is 12.8. The van der Waals surface area contributed by atoms with Crippen LogP contribution < -0.4 is 5.63 Å². The van der Waals surface area contributed by atoms with Crippen LogP contribution in [0, 0.1) is 0 Å². The minimum absolute atomic E-state index is 0.315. The molecule has 0 aliphatic carbocycles. The zero-order chi connectivity index (χ0) is 20.1.